The molecule has 132 valence electrons. The number of nitrogens with zero attached hydrogens (tertiary/aromatic N) is 2. The average molecular weight is 365 g/mol. The molecular formula is C22H21ClN2O. The third-order valence-electron chi connectivity index (χ3n) is 3.84. The maximum absolute atomic E-state index is 6.03. The zero-order valence-electron chi connectivity index (χ0n) is 14.4. The Kier molecular flexibility index (Phi) is 6.82. The number of ether oxygens (including phenoxy) is 1. The highest BCUT2D eigenvalue weighted by atomic mass is 35.5. The van der Waals surface area contributed by atoms with Gasteiger partial charge in [0.25, 0.3) is 0 Å². The minimum atomic E-state index is -0.0423. The van der Waals surface area contributed by atoms with Crippen molar-refractivity contribution >= 4 is 23.8 Å². The van der Waals surface area contributed by atoms with Gasteiger partial charge >= 0.3 is 0 Å². The molecule has 0 saturated heterocycles. The highest BCUT2D eigenvalue weighted by molar-refractivity contribution is 6.30. The van der Waals surface area contributed by atoms with Crippen LogP contribution in [0.5, 0.6) is 0 Å². The smallest absolute Gasteiger partial charge is 0.0946 e. The third-order valence-corrected chi connectivity index (χ3v) is 4.09. The van der Waals surface area contributed by atoms with Crippen LogP contribution < -0.4 is 0 Å². The zero-order chi connectivity index (χ0) is 18.0. The molecule has 0 aliphatic carbocycles. The van der Waals surface area contributed by atoms with Gasteiger partial charge in [-0.25, -0.2) is 4.98 Å². The SMILES string of the molecule is Clc1ccc(/C=C/COC(C=Cc2ccccc2)Cn2ccnc2)cc1. The molecule has 0 amide bonds. The molecule has 0 fully saturated rings. The van der Waals surface area contributed by atoms with Crippen molar-refractivity contribution in [3.63, 3.8) is 0 Å². The fourth-order valence-corrected chi connectivity index (χ4v) is 2.62. The molecule has 1 unspecified atom stereocenters. The second-order valence-electron chi connectivity index (χ2n) is 5.85. The quantitative estimate of drug-likeness (QED) is 0.538. The first-order valence-corrected chi connectivity index (χ1v) is 8.90. The summed E-state index contributed by atoms with van der Waals surface area (Å²) in [5.41, 5.74) is 2.26. The summed E-state index contributed by atoms with van der Waals surface area (Å²) in [5.74, 6) is 0. The number of hydrogen-bond acceptors (Lipinski definition) is 2. The second kappa shape index (κ2) is 9.76. The Bertz CT molecular complexity index is 824. The van der Waals surface area contributed by atoms with Gasteiger partial charge in [-0.1, -0.05) is 78.4 Å². The lowest BCUT2D eigenvalue weighted by Crippen LogP contribution is -2.17. The molecule has 1 heterocycles. The van der Waals surface area contributed by atoms with E-state index in [1.165, 1.54) is 0 Å². The van der Waals surface area contributed by atoms with Crippen LogP contribution in [0, 0.1) is 0 Å². The molecule has 0 bridgehead atoms. The number of benzene rings is 2. The molecule has 0 aliphatic rings. The van der Waals surface area contributed by atoms with Gasteiger partial charge in [0.15, 0.2) is 0 Å². The minimum Gasteiger partial charge on any atom is -0.368 e. The Morgan fingerprint density at radius 3 is 2.50 bits per heavy atom. The summed E-state index contributed by atoms with van der Waals surface area (Å²) in [7, 11) is 0. The largest absolute Gasteiger partial charge is 0.368 e. The molecule has 26 heavy (non-hydrogen) atoms. The Labute approximate surface area is 159 Å². The summed E-state index contributed by atoms with van der Waals surface area (Å²) in [6, 6.07) is 17.9. The molecule has 0 N–H and O–H groups in total. The normalized spacial score (nSPS) is 12.8. The van der Waals surface area contributed by atoms with Gasteiger partial charge < -0.3 is 9.30 Å². The average Bonchev–Trinajstić information content (AvgIpc) is 3.18. The van der Waals surface area contributed by atoms with Gasteiger partial charge in [0.05, 0.1) is 25.6 Å². The van der Waals surface area contributed by atoms with E-state index in [9.17, 15) is 0 Å². The van der Waals surface area contributed by atoms with Crippen LogP contribution in [-0.2, 0) is 11.3 Å². The van der Waals surface area contributed by atoms with E-state index in [0.29, 0.717) is 6.61 Å². The fraction of sp³-hybridized carbons (Fsp3) is 0.136. The van der Waals surface area contributed by atoms with Gasteiger partial charge in [-0.2, -0.15) is 0 Å². The van der Waals surface area contributed by atoms with Crippen molar-refractivity contribution < 1.29 is 4.74 Å². The van der Waals surface area contributed by atoms with E-state index in [4.69, 9.17) is 16.3 Å². The van der Waals surface area contributed by atoms with Crippen LogP contribution in [0.15, 0.2) is 85.5 Å². The van der Waals surface area contributed by atoms with Crippen LogP contribution in [0.3, 0.4) is 0 Å². The molecule has 0 saturated carbocycles. The molecule has 0 radical (unpaired) electrons. The van der Waals surface area contributed by atoms with Crippen LogP contribution in [0.1, 0.15) is 11.1 Å². The van der Waals surface area contributed by atoms with Gasteiger partial charge in [-0.15, -0.1) is 0 Å². The molecule has 3 aromatic rings. The maximum atomic E-state index is 6.03. The first-order valence-electron chi connectivity index (χ1n) is 8.52. The first kappa shape index (κ1) is 18.2. The van der Waals surface area contributed by atoms with Crippen molar-refractivity contribution in [1.29, 1.82) is 0 Å². The highest BCUT2D eigenvalue weighted by Crippen LogP contribution is 2.11. The van der Waals surface area contributed by atoms with Crippen LogP contribution in [0.4, 0.5) is 0 Å². The van der Waals surface area contributed by atoms with E-state index in [2.05, 4.69) is 29.3 Å². The van der Waals surface area contributed by atoms with E-state index < -0.39 is 0 Å². The van der Waals surface area contributed by atoms with Gasteiger partial charge in [0, 0.05) is 17.4 Å². The summed E-state index contributed by atoms with van der Waals surface area (Å²) in [6.45, 7) is 1.25. The van der Waals surface area contributed by atoms with Gasteiger partial charge in [0.1, 0.15) is 0 Å². The summed E-state index contributed by atoms with van der Waals surface area (Å²) >= 11 is 5.90. The van der Waals surface area contributed by atoms with Crippen LogP contribution in [0.2, 0.25) is 5.02 Å². The summed E-state index contributed by atoms with van der Waals surface area (Å²) in [5, 5.41) is 0.741. The monoisotopic (exact) mass is 364 g/mol. The lowest BCUT2D eigenvalue weighted by atomic mass is 10.2. The Morgan fingerprint density at radius 2 is 1.77 bits per heavy atom. The molecule has 2 aromatic carbocycles. The van der Waals surface area contributed by atoms with E-state index in [-0.39, 0.29) is 6.10 Å². The first-order chi connectivity index (χ1) is 12.8. The Balaban J connectivity index is 1.59. The van der Waals surface area contributed by atoms with Gasteiger partial charge in [-0.3, -0.25) is 0 Å². The van der Waals surface area contributed by atoms with Crippen LogP contribution in [0.25, 0.3) is 12.2 Å². The summed E-state index contributed by atoms with van der Waals surface area (Å²) in [6.07, 6.45) is 13.7. The van der Waals surface area contributed by atoms with E-state index in [0.717, 1.165) is 22.7 Å². The topological polar surface area (TPSA) is 27.1 Å². The van der Waals surface area contributed by atoms with Crippen molar-refractivity contribution in [2.75, 3.05) is 6.61 Å². The number of imidazole rings is 1. The van der Waals surface area contributed by atoms with Crippen molar-refractivity contribution in [1.82, 2.24) is 9.55 Å². The number of aromatic nitrogens is 2. The number of halogens is 1. The molecule has 1 atom stereocenters. The predicted octanol–water partition coefficient (Wildman–Crippen LogP) is 5.35. The molecule has 0 aliphatic heterocycles. The summed E-state index contributed by atoms with van der Waals surface area (Å²) in [4.78, 5) is 4.10. The van der Waals surface area contributed by atoms with Crippen molar-refractivity contribution in [2.45, 2.75) is 12.6 Å². The van der Waals surface area contributed by atoms with Gasteiger partial charge in [-0.05, 0) is 23.3 Å². The van der Waals surface area contributed by atoms with Gasteiger partial charge in [0.2, 0.25) is 0 Å². The molecule has 3 rings (SSSR count). The number of rotatable bonds is 8. The van der Waals surface area contributed by atoms with Crippen molar-refractivity contribution in [3.8, 4) is 0 Å². The molecule has 1 aromatic heterocycles. The maximum Gasteiger partial charge on any atom is 0.0946 e. The molecule has 3 nitrogen and oxygen atoms in total. The Hall–Kier alpha value is -2.62. The second-order valence-corrected chi connectivity index (χ2v) is 6.29. The third kappa shape index (κ3) is 6.03. The van der Waals surface area contributed by atoms with E-state index in [1.807, 2.05) is 65.4 Å². The lowest BCUT2D eigenvalue weighted by Gasteiger charge is -2.14. The van der Waals surface area contributed by atoms with Crippen LogP contribution >= 0.6 is 11.6 Å². The zero-order valence-corrected chi connectivity index (χ0v) is 15.2. The summed E-state index contributed by atoms with van der Waals surface area (Å²) < 4.78 is 8.05. The minimum absolute atomic E-state index is 0.0423. The lowest BCUT2D eigenvalue weighted by molar-refractivity contribution is 0.0968. The molecule has 0 spiro atoms. The van der Waals surface area contributed by atoms with E-state index in [1.54, 1.807) is 12.5 Å². The van der Waals surface area contributed by atoms with Crippen molar-refractivity contribution in [3.05, 3.63) is 102 Å². The molecule has 4 heteroatoms. The predicted molar refractivity (Wildman–Crippen MR) is 108 cm³/mol. The highest BCUT2D eigenvalue weighted by Gasteiger charge is 2.05. The number of hydrogen-bond donors (Lipinski definition) is 0. The Morgan fingerprint density at radius 1 is 1.00 bits per heavy atom. The van der Waals surface area contributed by atoms with Crippen molar-refractivity contribution in [2.24, 2.45) is 0 Å². The van der Waals surface area contributed by atoms with Crippen LogP contribution in [-0.4, -0.2) is 22.3 Å². The molecular weight excluding hydrogens is 344 g/mol. The van der Waals surface area contributed by atoms with E-state index >= 15 is 0 Å². The standard InChI is InChI=1S/C22H21ClN2O/c23-21-11-8-20(9-12-21)7-4-16-26-22(17-25-15-14-24-18-25)13-10-19-5-2-1-3-6-19/h1-15,18,22H,16-17H2/b7-4+,13-10?. The fourth-order valence-electron chi connectivity index (χ4n) is 2.49.